The van der Waals surface area contributed by atoms with E-state index in [9.17, 15) is 13.2 Å². The van der Waals surface area contributed by atoms with Crippen molar-refractivity contribution in [3.8, 4) is 0 Å². The first-order chi connectivity index (χ1) is 9.08. The molecule has 0 amide bonds. The molecule has 0 radical (unpaired) electrons. The van der Waals surface area contributed by atoms with Gasteiger partial charge in [0.25, 0.3) is 0 Å². The number of hydrogen-bond donors (Lipinski definition) is 0. The van der Waals surface area contributed by atoms with Gasteiger partial charge < -0.3 is 0 Å². The Morgan fingerprint density at radius 3 is 2.74 bits per heavy atom. The predicted molar refractivity (Wildman–Crippen MR) is 70.4 cm³/mol. The molecule has 1 aromatic heterocycles. The predicted octanol–water partition coefficient (Wildman–Crippen LogP) is 0.966. The monoisotopic (exact) mass is 276 g/mol. The van der Waals surface area contributed by atoms with Crippen LogP contribution >= 0.6 is 0 Å². The van der Waals surface area contributed by atoms with Crippen molar-refractivity contribution in [1.29, 1.82) is 0 Å². The number of carbonyl (C=O) groups is 1. The number of Topliss-reactive ketones (excluding diaryl/α,β-unsaturated/α-hetero) is 1. The molecule has 98 valence electrons. The van der Waals surface area contributed by atoms with E-state index in [-0.39, 0.29) is 24.0 Å². The standard InChI is InChI=1S/C13H12N2O3S/c16-13-8-11-2-1-7-19(17,18)15(11)9-12(13)10-3-5-14-6-4-10/h1-6,9,11H,7-8H2. The average Bonchev–Trinajstić information content (AvgIpc) is 2.38. The first-order valence-electron chi connectivity index (χ1n) is 5.91. The van der Waals surface area contributed by atoms with Crippen molar-refractivity contribution in [1.82, 2.24) is 9.29 Å². The fraction of sp³-hybridized carbons (Fsp3) is 0.231. The van der Waals surface area contributed by atoms with Crippen LogP contribution in [0.4, 0.5) is 0 Å². The Bertz CT molecular complexity index is 677. The molecule has 3 heterocycles. The van der Waals surface area contributed by atoms with Crippen LogP contribution in [0.5, 0.6) is 0 Å². The minimum absolute atomic E-state index is 0.0161. The molecule has 3 rings (SSSR count). The number of hydrogen-bond acceptors (Lipinski definition) is 4. The number of sulfonamides is 1. The maximum atomic E-state index is 12.1. The fourth-order valence-corrected chi connectivity index (χ4v) is 3.66. The molecule has 0 fully saturated rings. The summed E-state index contributed by atoms with van der Waals surface area (Å²) in [7, 11) is -3.35. The second-order valence-corrected chi connectivity index (χ2v) is 6.43. The summed E-state index contributed by atoms with van der Waals surface area (Å²) in [6.07, 6.45) is 8.18. The van der Waals surface area contributed by atoms with Gasteiger partial charge in [-0.25, -0.2) is 8.42 Å². The van der Waals surface area contributed by atoms with Crippen molar-refractivity contribution >= 4 is 21.4 Å². The molecular weight excluding hydrogens is 264 g/mol. The van der Waals surface area contributed by atoms with Crippen molar-refractivity contribution in [2.24, 2.45) is 0 Å². The third kappa shape index (κ3) is 2.08. The van der Waals surface area contributed by atoms with Gasteiger partial charge in [0.05, 0.1) is 11.8 Å². The number of pyridine rings is 1. The summed E-state index contributed by atoms with van der Waals surface area (Å²) < 4.78 is 25.3. The van der Waals surface area contributed by atoms with Crippen LogP contribution in [0, 0.1) is 0 Å². The van der Waals surface area contributed by atoms with Crippen LogP contribution in [0.15, 0.2) is 42.9 Å². The zero-order chi connectivity index (χ0) is 13.5. The lowest BCUT2D eigenvalue weighted by atomic mass is 9.95. The van der Waals surface area contributed by atoms with Crippen LogP contribution in [0.3, 0.4) is 0 Å². The highest BCUT2D eigenvalue weighted by Crippen LogP contribution is 2.29. The summed E-state index contributed by atoms with van der Waals surface area (Å²) >= 11 is 0. The molecule has 19 heavy (non-hydrogen) atoms. The van der Waals surface area contributed by atoms with Gasteiger partial charge in [0.1, 0.15) is 0 Å². The molecule has 6 heteroatoms. The Morgan fingerprint density at radius 1 is 1.26 bits per heavy atom. The minimum Gasteiger partial charge on any atom is -0.294 e. The van der Waals surface area contributed by atoms with Crippen molar-refractivity contribution < 1.29 is 13.2 Å². The van der Waals surface area contributed by atoms with Gasteiger partial charge in [-0.3, -0.25) is 14.1 Å². The number of allylic oxidation sites excluding steroid dienone is 1. The smallest absolute Gasteiger partial charge is 0.238 e. The molecule has 0 N–H and O–H groups in total. The molecule has 0 saturated carbocycles. The summed E-state index contributed by atoms with van der Waals surface area (Å²) in [5.41, 5.74) is 1.13. The highest BCUT2D eigenvalue weighted by molar-refractivity contribution is 7.89. The van der Waals surface area contributed by atoms with Gasteiger partial charge in [0, 0.05) is 30.6 Å². The second-order valence-electron chi connectivity index (χ2n) is 4.51. The van der Waals surface area contributed by atoms with E-state index in [1.807, 2.05) is 0 Å². The number of carbonyl (C=O) groups excluding carboxylic acids is 1. The van der Waals surface area contributed by atoms with Crippen LogP contribution in [0.2, 0.25) is 0 Å². The highest BCUT2D eigenvalue weighted by Gasteiger charge is 2.35. The van der Waals surface area contributed by atoms with Gasteiger partial charge in [0.15, 0.2) is 5.78 Å². The average molecular weight is 276 g/mol. The zero-order valence-electron chi connectivity index (χ0n) is 10.1. The van der Waals surface area contributed by atoms with Gasteiger partial charge in [-0.15, -0.1) is 0 Å². The quantitative estimate of drug-likeness (QED) is 0.717. The lowest BCUT2D eigenvalue weighted by Crippen LogP contribution is -2.43. The summed E-state index contributed by atoms with van der Waals surface area (Å²) in [5, 5.41) is 0. The van der Waals surface area contributed by atoms with Crippen LogP contribution in [0.25, 0.3) is 5.57 Å². The molecular formula is C13H12N2O3S. The Labute approximate surface area is 111 Å². The van der Waals surface area contributed by atoms with E-state index in [0.29, 0.717) is 11.1 Å². The first kappa shape index (κ1) is 12.1. The van der Waals surface area contributed by atoms with Crippen LogP contribution in [-0.2, 0) is 14.8 Å². The van der Waals surface area contributed by atoms with E-state index < -0.39 is 10.0 Å². The summed E-state index contributed by atoms with van der Waals surface area (Å²) in [6.45, 7) is 0. The number of rotatable bonds is 1. The lowest BCUT2D eigenvalue weighted by molar-refractivity contribution is -0.114. The van der Waals surface area contributed by atoms with E-state index in [2.05, 4.69) is 4.98 Å². The van der Waals surface area contributed by atoms with Crippen LogP contribution in [-0.4, -0.2) is 35.3 Å². The minimum atomic E-state index is -3.35. The SMILES string of the molecule is O=C1CC2C=CCS(=O)(=O)N2C=C1c1ccncc1. The third-order valence-electron chi connectivity index (χ3n) is 3.26. The van der Waals surface area contributed by atoms with Crippen molar-refractivity contribution in [2.45, 2.75) is 12.5 Å². The van der Waals surface area contributed by atoms with Crippen LogP contribution < -0.4 is 0 Å². The normalized spacial score (nSPS) is 24.8. The number of fused-ring (bicyclic) bond motifs is 1. The van der Waals surface area contributed by atoms with Gasteiger partial charge in [-0.1, -0.05) is 12.2 Å². The van der Waals surface area contributed by atoms with E-state index in [4.69, 9.17) is 0 Å². The highest BCUT2D eigenvalue weighted by atomic mass is 32.2. The maximum Gasteiger partial charge on any atom is 0.238 e. The molecule has 2 aliphatic heterocycles. The molecule has 0 saturated heterocycles. The second kappa shape index (κ2) is 4.31. The molecule has 2 aliphatic rings. The van der Waals surface area contributed by atoms with Crippen molar-refractivity contribution in [3.63, 3.8) is 0 Å². The van der Waals surface area contributed by atoms with Gasteiger partial charge in [-0.2, -0.15) is 0 Å². The molecule has 1 aromatic rings. The van der Waals surface area contributed by atoms with E-state index in [0.717, 1.165) is 0 Å². The number of aromatic nitrogens is 1. The van der Waals surface area contributed by atoms with Gasteiger partial charge in [-0.05, 0) is 17.7 Å². The van der Waals surface area contributed by atoms with E-state index >= 15 is 0 Å². The Kier molecular flexibility index (Phi) is 2.74. The van der Waals surface area contributed by atoms with Gasteiger partial charge >= 0.3 is 0 Å². The van der Waals surface area contributed by atoms with Crippen LogP contribution in [0.1, 0.15) is 12.0 Å². The Morgan fingerprint density at radius 2 is 2.00 bits per heavy atom. The molecule has 1 atom stereocenters. The molecule has 0 aliphatic carbocycles. The first-order valence-corrected chi connectivity index (χ1v) is 7.52. The largest absolute Gasteiger partial charge is 0.294 e. The third-order valence-corrected chi connectivity index (χ3v) is 4.89. The lowest BCUT2D eigenvalue weighted by Gasteiger charge is -2.34. The van der Waals surface area contributed by atoms with Gasteiger partial charge in [0.2, 0.25) is 10.0 Å². The summed E-state index contributed by atoms with van der Waals surface area (Å²) in [6, 6.07) is 3.03. The summed E-state index contributed by atoms with van der Waals surface area (Å²) in [4.78, 5) is 16.0. The maximum absolute atomic E-state index is 12.1. The van der Waals surface area contributed by atoms with Crippen molar-refractivity contribution in [3.05, 3.63) is 48.4 Å². The number of ketones is 1. The molecule has 0 bridgehead atoms. The Balaban J connectivity index is 2.09. The molecule has 5 nitrogen and oxygen atoms in total. The Hall–Kier alpha value is -1.95. The van der Waals surface area contributed by atoms with E-state index in [1.165, 1.54) is 10.5 Å². The molecule has 1 unspecified atom stereocenters. The number of nitrogens with zero attached hydrogens (tertiary/aromatic N) is 2. The fourth-order valence-electron chi connectivity index (χ4n) is 2.31. The van der Waals surface area contributed by atoms with E-state index in [1.54, 1.807) is 36.7 Å². The molecule has 0 spiro atoms. The molecule has 0 aromatic carbocycles. The zero-order valence-corrected chi connectivity index (χ0v) is 10.9. The topological polar surface area (TPSA) is 67.3 Å². The van der Waals surface area contributed by atoms with Crippen molar-refractivity contribution in [2.75, 3.05) is 5.75 Å². The summed E-state index contributed by atoms with van der Waals surface area (Å²) in [5.74, 6) is -0.0631.